The van der Waals surface area contributed by atoms with E-state index in [1.807, 2.05) is 0 Å². The van der Waals surface area contributed by atoms with E-state index in [1.165, 1.54) is 21.1 Å². The van der Waals surface area contributed by atoms with E-state index in [4.69, 9.17) is 4.74 Å². The van der Waals surface area contributed by atoms with Crippen LogP contribution in [0.4, 0.5) is 0 Å². The normalized spacial score (nSPS) is 23.4. The Morgan fingerprint density at radius 2 is 1.79 bits per heavy atom. The number of morpholine rings is 1. The van der Waals surface area contributed by atoms with Crippen LogP contribution in [0.3, 0.4) is 0 Å². The molecule has 1 aromatic rings. The van der Waals surface area contributed by atoms with Gasteiger partial charge in [-0.15, -0.1) is 11.3 Å². The molecule has 7 nitrogen and oxygen atoms in total. The van der Waals surface area contributed by atoms with Crippen molar-refractivity contribution < 1.29 is 28.1 Å². The summed E-state index contributed by atoms with van der Waals surface area (Å²) in [4.78, 5) is 2.68. The van der Waals surface area contributed by atoms with Gasteiger partial charge in [-0.05, 0) is 11.4 Å². The first-order valence-electron chi connectivity index (χ1n) is 8.52. The number of nitrogens with one attached hydrogen (secondary N) is 2. The highest BCUT2D eigenvalue weighted by Crippen LogP contribution is 2.20. The zero-order valence-electron chi connectivity index (χ0n) is 13.8. The predicted molar refractivity (Wildman–Crippen MR) is 91.0 cm³/mol. The molecule has 0 amide bonds. The summed E-state index contributed by atoms with van der Waals surface area (Å²) in [5.41, 5.74) is 0. The van der Waals surface area contributed by atoms with Crippen LogP contribution in [0.25, 0.3) is 0 Å². The Morgan fingerprint density at radius 1 is 1.17 bits per heavy atom. The zero-order chi connectivity index (χ0) is 17.0. The van der Waals surface area contributed by atoms with Crippen molar-refractivity contribution in [3.63, 3.8) is 0 Å². The average molecular weight is 378 g/mol. The molecule has 0 spiro atoms. The zero-order valence-corrected chi connectivity index (χ0v) is 15.4. The van der Waals surface area contributed by atoms with Crippen LogP contribution >= 0.6 is 11.3 Å². The number of aliphatic hydroxyl groups excluding tert-OH is 1. The first-order chi connectivity index (χ1) is 11.6. The van der Waals surface area contributed by atoms with Gasteiger partial charge in [0.05, 0.1) is 39.4 Å². The Morgan fingerprint density at radius 3 is 2.38 bits per heavy atom. The lowest BCUT2D eigenvalue weighted by Gasteiger charge is -2.33. The number of ether oxygens (including phenoxy) is 1. The lowest BCUT2D eigenvalue weighted by atomic mass is 10.2. The van der Waals surface area contributed by atoms with Gasteiger partial charge in [0.15, 0.2) is 6.10 Å². The Kier molecular flexibility index (Phi) is 6.25. The summed E-state index contributed by atoms with van der Waals surface area (Å²) in [5.74, 6) is 0. The van der Waals surface area contributed by atoms with Crippen LogP contribution in [-0.2, 0) is 14.8 Å². The Hall–Kier alpha value is -0.550. The van der Waals surface area contributed by atoms with Crippen LogP contribution in [-0.4, -0.2) is 89.5 Å². The third-order valence-electron chi connectivity index (χ3n) is 4.77. The number of hydrogen-bond acceptors (Lipinski definition) is 5. The first kappa shape index (κ1) is 18.2. The summed E-state index contributed by atoms with van der Waals surface area (Å²) >= 11 is 1.26. The van der Waals surface area contributed by atoms with Crippen molar-refractivity contribution in [3.05, 3.63) is 17.5 Å². The Labute approximate surface area is 147 Å². The number of hydrogen-bond donors (Lipinski definition) is 3. The van der Waals surface area contributed by atoms with Crippen LogP contribution in [0, 0.1) is 0 Å². The highest BCUT2D eigenvalue weighted by atomic mass is 32.2. The molecule has 2 fully saturated rings. The number of piperazine rings is 1. The second-order valence-electron chi connectivity index (χ2n) is 6.51. The van der Waals surface area contributed by atoms with Gasteiger partial charge in [-0.25, -0.2) is 8.42 Å². The van der Waals surface area contributed by atoms with Crippen molar-refractivity contribution in [2.45, 2.75) is 10.3 Å². The van der Waals surface area contributed by atoms with Crippen molar-refractivity contribution in [1.29, 1.82) is 0 Å². The van der Waals surface area contributed by atoms with E-state index in [0.717, 1.165) is 45.9 Å². The standard InChI is InChI=1S/C15H25N3O4S2/c19-14(13-17-7-9-22-10-8-17)12-16-3-5-18(6-4-16)24(20,21)15-2-1-11-23-15/h1-2,11,14,19H,3-10,12-13H2/p+2/t14-/m1/s1. The van der Waals surface area contributed by atoms with E-state index < -0.39 is 10.0 Å². The average Bonchev–Trinajstić information content (AvgIpc) is 3.11. The summed E-state index contributed by atoms with van der Waals surface area (Å²) in [6, 6.07) is 3.43. The molecule has 0 aromatic carbocycles. The summed E-state index contributed by atoms with van der Waals surface area (Å²) in [5, 5.41) is 12.1. The number of aliphatic hydroxyl groups is 1. The Bertz CT molecular complexity index is 594. The van der Waals surface area contributed by atoms with Gasteiger partial charge in [0.25, 0.3) is 10.0 Å². The van der Waals surface area contributed by atoms with Crippen molar-refractivity contribution in [3.8, 4) is 0 Å². The monoisotopic (exact) mass is 377 g/mol. The topological polar surface area (TPSA) is 75.7 Å². The molecule has 2 aliphatic heterocycles. The molecular formula is C15H27N3O4S2+2. The molecule has 1 atom stereocenters. The van der Waals surface area contributed by atoms with Crippen LogP contribution < -0.4 is 9.80 Å². The van der Waals surface area contributed by atoms with Crippen LogP contribution in [0.15, 0.2) is 21.7 Å². The molecule has 2 saturated heterocycles. The van der Waals surface area contributed by atoms with Gasteiger partial charge in [0.2, 0.25) is 0 Å². The first-order valence-corrected chi connectivity index (χ1v) is 10.8. The Balaban J connectivity index is 1.45. The number of nitrogens with zero attached hydrogens (tertiary/aromatic N) is 1. The summed E-state index contributed by atoms with van der Waals surface area (Å²) in [6.45, 7) is 7.45. The summed E-state index contributed by atoms with van der Waals surface area (Å²) in [7, 11) is -3.34. The lowest BCUT2D eigenvalue weighted by molar-refractivity contribution is -0.930. The van der Waals surface area contributed by atoms with Gasteiger partial charge in [0, 0.05) is 0 Å². The van der Waals surface area contributed by atoms with Crippen LogP contribution in [0.2, 0.25) is 0 Å². The molecule has 3 heterocycles. The molecular weight excluding hydrogens is 350 g/mol. The number of rotatable bonds is 6. The fourth-order valence-corrected chi connectivity index (χ4v) is 5.97. The highest BCUT2D eigenvalue weighted by Gasteiger charge is 2.32. The van der Waals surface area contributed by atoms with Gasteiger partial charge >= 0.3 is 0 Å². The van der Waals surface area contributed by atoms with E-state index in [1.54, 1.807) is 21.8 Å². The third kappa shape index (κ3) is 4.54. The SMILES string of the molecule is O=S(=O)(c1cccs1)N1CC[NH+](C[C@@H](O)C[NH+]2CCOCC2)CC1. The number of sulfonamides is 1. The largest absolute Gasteiger partial charge is 0.382 e. The molecule has 0 radical (unpaired) electrons. The van der Waals surface area contributed by atoms with E-state index in [9.17, 15) is 13.5 Å². The van der Waals surface area contributed by atoms with E-state index in [2.05, 4.69) is 0 Å². The number of quaternary nitrogens is 2. The highest BCUT2D eigenvalue weighted by molar-refractivity contribution is 7.91. The second-order valence-corrected chi connectivity index (χ2v) is 9.62. The molecule has 0 aliphatic carbocycles. The molecule has 24 heavy (non-hydrogen) atoms. The summed E-state index contributed by atoms with van der Waals surface area (Å²) < 4.78 is 32.3. The fraction of sp³-hybridized carbons (Fsp3) is 0.733. The van der Waals surface area contributed by atoms with E-state index in [-0.39, 0.29) is 6.10 Å². The van der Waals surface area contributed by atoms with Crippen LogP contribution in [0.5, 0.6) is 0 Å². The molecule has 3 rings (SSSR count). The molecule has 1 aromatic heterocycles. The second kappa shape index (κ2) is 8.22. The molecule has 0 unspecified atom stereocenters. The minimum Gasteiger partial charge on any atom is -0.382 e. The van der Waals surface area contributed by atoms with Gasteiger partial charge in [-0.3, -0.25) is 0 Å². The molecule has 2 aliphatic rings. The van der Waals surface area contributed by atoms with Crippen molar-refractivity contribution in [2.24, 2.45) is 0 Å². The van der Waals surface area contributed by atoms with Crippen molar-refractivity contribution in [1.82, 2.24) is 4.31 Å². The van der Waals surface area contributed by atoms with Crippen LogP contribution in [0.1, 0.15) is 0 Å². The third-order valence-corrected chi connectivity index (χ3v) is 8.04. The molecule has 0 saturated carbocycles. The van der Waals surface area contributed by atoms with Gasteiger partial charge in [-0.2, -0.15) is 4.31 Å². The van der Waals surface area contributed by atoms with Gasteiger partial charge in [-0.1, -0.05) is 6.07 Å². The van der Waals surface area contributed by atoms with Crippen molar-refractivity contribution in [2.75, 3.05) is 65.6 Å². The number of thiophene rings is 1. The summed E-state index contributed by atoms with van der Waals surface area (Å²) in [6.07, 6.45) is -0.339. The smallest absolute Gasteiger partial charge is 0.252 e. The van der Waals surface area contributed by atoms with E-state index in [0.29, 0.717) is 23.8 Å². The fourth-order valence-electron chi connectivity index (χ4n) is 3.39. The van der Waals surface area contributed by atoms with Crippen molar-refractivity contribution >= 4 is 21.4 Å². The molecule has 9 heteroatoms. The molecule has 0 bridgehead atoms. The van der Waals surface area contributed by atoms with Gasteiger partial charge < -0.3 is 19.6 Å². The predicted octanol–water partition coefficient (Wildman–Crippen LogP) is -3.09. The minimum atomic E-state index is -3.34. The minimum absolute atomic E-state index is 0.339. The molecule has 136 valence electrons. The maximum absolute atomic E-state index is 12.5. The van der Waals surface area contributed by atoms with E-state index >= 15 is 0 Å². The quantitative estimate of drug-likeness (QED) is 0.491. The maximum atomic E-state index is 12.5. The molecule has 3 N–H and O–H groups in total. The van der Waals surface area contributed by atoms with Gasteiger partial charge in [0.1, 0.15) is 30.4 Å². The maximum Gasteiger partial charge on any atom is 0.252 e. The lowest BCUT2D eigenvalue weighted by Crippen LogP contribution is -3.19.